The third kappa shape index (κ3) is 11.0. The van der Waals surface area contributed by atoms with Gasteiger partial charge in [0, 0.05) is 40.7 Å². The van der Waals surface area contributed by atoms with E-state index in [4.69, 9.17) is 0 Å². The molecule has 6 heteroatoms. The average molecular weight is 773 g/mol. The minimum Gasteiger partial charge on any atom is -1.00 e. The topological polar surface area (TPSA) is 50.9 Å². The second-order valence-electron chi connectivity index (χ2n) is 14.9. The van der Waals surface area contributed by atoms with Crippen LogP contribution in [0, 0.1) is 10.8 Å². The fourth-order valence-electron chi connectivity index (χ4n) is 5.86. The summed E-state index contributed by atoms with van der Waals surface area (Å²) in [5, 5.41) is 7.90. The van der Waals surface area contributed by atoms with Crippen LogP contribution in [0.4, 0.5) is 0 Å². The van der Waals surface area contributed by atoms with Crippen LogP contribution in [0.5, 0.6) is 0 Å². The first kappa shape index (κ1) is 39.0. The number of hydrogen-bond donors (Lipinski definition) is 0. The number of benzene rings is 4. The van der Waals surface area contributed by atoms with Crippen LogP contribution in [0.1, 0.15) is 66.5 Å². The molecule has 0 radical (unpaired) electrons. The van der Waals surface area contributed by atoms with E-state index in [0.717, 1.165) is 23.9 Å². The largest absolute Gasteiger partial charge is 1.00 e. The average Bonchev–Trinajstić information content (AvgIpc) is 3.00. The monoisotopic (exact) mass is 770 g/mol. The fraction of sp³-hybridized carbons (Fsp3) is 0.333. The van der Waals surface area contributed by atoms with E-state index in [-0.39, 0.29) is 34.0 Å². The first-order valence-corrected chi connectivity index (χ1v) is 17.4. The lowest BCUT2D eigenvalue weighted by atomic mass is 9.87. The Morgan fingerprint density at radius 3 is 1.71 bits per heavy atom. The van der Waals surface area contributed by atoms with Crippen LogP contribution in [0.15, 0.2) is 97.3 Å². The molecule has 0 aliphatic carbocycles. The Hall–Kier alpha value is -3.48. The zero-order valence-electron chi connectivity index (χ0n) is 29.5. The van der Waals surface area contributed by atoms with Crippen molar-refractivity contribution >= 4 is 70.8 Å². The zero-order chi connectivity index (χ0) is 34.4. The Morgan fingerprint density at radius 2 is 1.17 bits per heavy atom. The number of pyridine rings is 2. The Bertz CT molecular complexity index is 2040. The second-order valence-corrected chi connectivity index (χ2v) is 15.5. The molecular weight excluding hydrogens is 724 g/mol. The zero-order valence-corrected chi connectivity index (χ0v) is 32.7. The van der Waals surface area contributed by atoms with Crippen molar-refractivity contribution < 1.29 is 31.1 Å². The van der Waals surface area contributed by atoms with E-state index in [1.807, 2.05) is 12.3 Å². The van der Waals surface area contributed by atoms with Crippen LogP contribution in [-0.4, -0.2) is 21.9 Å². The maximum atomic E-state index is 11.6. The number of fused-ring (bicyclic) bond motifs is 6. The van der Waals surface area contributed by atoms with Gasteiger partial charge in [0.05, 0.1) is 16.2 Å². The Labute approximate surface area is 304 Å². The molecule has 0 atom stereocenters. The van der Waals surface area contributed by atoms with Gasteiger partial charge in [-0.3, -0.25) is 14.6 Å². The van der Waals surface area contributed by atoms with E-state index in [9.17, 15) is 9.59 Å². The van der Waals surface area contributed by atoms with Gasteiger partial charge in [-0.05, 0) is 71.4 Å². The molecule has 4 nitrogen and oxygen atoms in total. The molecule has 0 unspecified atom stereocenters. The molecule has 0 bridgehead atoms. The van der Waals surface area contributed by atoms with Crippen molar-refractivity contribution in [2.45, 2.75) is 74.8 Å². The molecule has 0 aliphatic rings. The van der Waals surface area contributed by atoms with Gasteiger partial charge in [0.1, 0.15) is 5.78 Å². The summed E-state index contributed by atoms with van der Waals surface area (Å²) in [6.45, 7) is 17.2. The van der Waals surface area contributed by atoms with Crippen molar-refractivity contribution in [1.29, 1.82) is 0 Å². The second kappa shape index (κ2) is 16.8. The summed E-state index contributed by atoms with van der Waals surface area (Å²) in [7, 11) is 0. The molecule has 0 aliphatic heterocycles. The highest BCUT2D eigenvalue weighted by Crippen LogP contribution is 2.29. The summed E-state index contributed by atoms with van der Waals surface area (Å²) in [6.07, 6.45) is 6.18. The summed E-state index contributed by atoms with van der Waals surface area (Å²) in [5.41, 5.74) is 5.50. The van der Waals surface area contributed by atoms with Crippen molar-refractivity contribution in [3.05, 3.63) is 108 Å². The summed E-state index contributed by atoms with van der Waals surface area (Å²) < 4.78 is 2.07. The van der Waals surface area contributed by atoms with Gasteiger partial charge in [0.15, 0.2) is 12.0 Å². The predicted molar refractivity (Wildman–Crippen MR) is 202 cm³/mol. The highest BCUT2D eigenvalue weighted by atomic mass is 79.9. The molecule has 4 aromatic carbocycles. The SMILES string of the molecule is CC(=O)CBr.CC(=O)C[n+]1cc2ccccc2c2cc(CC(C)(C)C)ccc21.CC(C)(C)Cc1ccc2ncc3ccccc3c2c1.[Br-]. The fourth-order valence-corrected chi connectivity index (χ4v) is 5.86. The predicted octanol–water partition coefficient (Wildman–Crippen LogP) is 7.41. The van der Waals surface area contributed by atoms with Gasteiger partial charge in [0.25, 0.3) is 0 Å². The number of nitrogens with zero attached hydrogens (tertiary/aromatic N) is 2. The van der Waals surface area contributed by atoms with Gasteiger partial charge < -0.3 is 17.0 Å². The standard InChI is InChI=1S/C21H24NO.C18H19N.C3H5BrO.BrH/c1-15(23)13-22-14-17-7-5-6-8-18(17)19-11-16(9-10-20(19)22)12-21(2,3)4;1-18(2,3)11-13-8-9-17-16(10-13)15-7-5-4-6-14(15)12-19-17;1-3(5)2-4;/h5-11,14H,12-13H2,1-4H3;4-10,12H,11H2,1-3H3;2H2,1H3;1H/q+1;;;/p-1. The van der Waals surface area contributed by atoms with E-state index in [1.165, 1.54) is 50.4 Å². The summed E-state index contributed by atoms with van der Waals surface area (Å²) >= 11 is 2.96. The van der Waals surface area contributed by atoms with Gasteiger partial charge >= 0.3 is 0 Å². The third-order valence-electron chi connectivity index (χ3n) is 7.62. The molecule has 6 aromatic rings. The van der Waals surface area contributed by atoms with Crippen molar-refractivity contribution in [3.63, 3.8) is 0 Å². The van der Waals surface area contributed by atoms with E-state index in [2.05, 4.69) is 152 Å². The number of carbonyl (C=O) groups is 2. The highest BCUT2D eigenvalue weighted by molar-refractivity contribution is 9.09. The molecule has 2 aromatic heterocycles. The van der Waals surface area contributed by atoms with Crippen LogP contribution in [0.25, 0.3) is 43.4 Å². The van der Waals surface area contributed by atoms with Crippen molar-refractivity contribution in [1.82, 2.24) is 4.98 Å². The van der Waals surface area contributed by atoms with Crippen LogP contribution in [0.3, 0.4) is 0 Å². The van der Waals surface area contributed by atoms with Crippen LogP contribution < -0.4 is 21.5 Å². The minimum absolute atomic E-state index is 0. The summed E-state index contributed by atoms with van der Waals surface area (Å²) in [6, 6.07) is 30.2. The number of ketones is 2. The number of halogens is 2. The lowest BCUT2D eigenvalue weighted by molar-refractivity contribution is -0.656. The molecule has 6 rings (SSSR count). The van der Waals surface area contributed by atoms with Gasteiger partial charge in [-0.1, -0.05) is 112 Å². The summed E-state index contributed by atoms with van der Waals surface area (Å²) in [4.78, 5) is 25.9. The first-order chi connectivity index (χ1) is 22.1. The van der Waals surface area contributed by atoms with E-state index in [0.29, 0.717) is 17.3 Å². The lowest BCUT2D eigenvalue weighted by Crippen LogP contribution is -3.00. The molecule has 252 valence electrons. The molecule has 0 spiro atoms. The molecule has 0 amide bonds. The van der Waals surface area contributed by atoms with Crippen molar-refractivity contribution in [3.8, 4) is 0 Å². The van der Waals surface area contributed by atoms with E-state index in [1.54, 1.807) is 6.92 Å². The molecule has 2 heterocycles. The molecule has 0 saturated heterocycles. The van der Waals surface area contributed by atoms with Crippen LogP contribution in [0.2, 0.25) is 0 Å². The van der Waals surface area contributed by atoms with Crippen molar-refractivity contribution in [2.24, 2.45) is 10.8 Å². The van der Waals surface area contributed by atoms with Gasteiger partial charge in [0.2, 0.25) is 12.1 Å². The van der Waals surface area contributed by atoms with Crippen LogP contribution in [-0.2, 0) is 29.0 Å². The van der Waals surface area contributed by atoms with E-state index >= 15 is 0 Å². The number of carbonyl (C=O) groups excluding carboxylic acids is 2. The van der Waals surface area contributed by atoms with Gasteiger partial charge in [-0.2, -0.15) is 4.57 Å². The van der Waals surface area contributed by atoms with E-state index < -0.39 is 0 Å². The third-order valence-corrected chi connectivity index (χ3v) is 8.41. The molecular formula is C42H48Br2N2O2. The Morgan fingerprint density at radius 1 is 0.667 bits per heavy atom. The quantitative estimate of drug-likeness (QED) is 0.104. The first-order valence-electron chi connectivity index (χ1n) is 16.3. The normalized spacial score (nSPS) is 11.4. The van der Waals surface area contributed by atoms with Gasteiger partial charge in [-0.15, -0.1) is 0 Å². The van der Waals surface area contributed by atoms with Crippen molar-refractivity contribution in [2.75, 3.05) is 5.33 Å². The highest BCUT2D eigenvalue weighted by Gasteiger charge is 2.18. The molecule has 0 saturated carbocycles. The number of hydrogen-bond acceptors (Lipinski definition) is 3. The number of rotatable bonds is 5. The number of alkyl halides is 1. The Kier molecular flexibility index (Phi) is 13.6. The van der Waals surface area contributed by atoms with Gasteiger partial charge in [-0.25, -0.2) is 0 Å². The molecule has 0 fully saturated rings. The maximum Gasteiger partial charge on any atom is 0.213 e. The number of Topliss-reactive ketones (excluding diaryl/α,β-unsaturated/α-hetero) is 2. The Balaban J connectivity index is 0.000000227. The number of aromatic nitrogens is 2. The minimum atomic E-state index is 0. The lowest BCUT2D eigenvalue weighted by Gasteiger charge is -2.18. The van der Waals surface area contributed by atoms with Crippen LogP contribution >= 0.6 is 15.9 Å². The molecule has 0 N–H and O–H groups in total. The smallest absolute Gasteiger partial charge is 0.213 e. The maximum absolute atomic E-state index is 11.6. The molecule has 48 heavy (non-hydrogen) atoms. The summed E-state index contributed by atoms with van der Waals surface area (Å²) in [5.74, 6) is 0.343.